The molecular weight excluding hydrogens is 485 g/mol. The number of ether oxygens (including phenoxy) is 1. The molecule has 1 aromatic heterocycles. The van der Waals surface area contributed by atoms with Crippen LogP contribution < -0.4 is 9.64 Å². The summed E-state index contributed by atoms with van der Waals surface area (Å²) in [6, 6.07) is 17.0. The molecule has 2 aromatic carbocycles. The van der Waals surface area contributed by atoms with Crippen molar-refractivity contribution in [3.8, 4) is 17.0 Å². The van der Waals surface area contributed by atoms with Crippen molar-refractivity contribution in [3.63, 3.8) is 0 Å². The third-order valence-electron chi connectivity index (χ3n) is 6.95. The molecule has 8 nitrogen and oxygen atoms in total. The molecule has 1 aliphatic rings. The Bertz CT molecular complexity index is 1250. The van der Waals surface area contributed by atoms with Gasteiger partial charge >= 0.3 is 0 Å². The Hall–Kier alpha value is -4.01. The van der Waals surface area contributed by atoms with E-state index in [0.29, 0.717) is 26.1 Å². The van der Waals surface area contributed by atoms with E-state index in [1.807, 2.05) is 50.2 Å². The highest BCUT2D eigenvalue weighted by molar-refractivity contribution is 5.96. The van der Waals surface area contributed by atoms with Crippen molar-refractivity contribution < 1.29 is 18.7 Å². The number of nitrogens with zero attached hydrogens (tertiary/aromatic N) is 5. The van der Waals surface area contributed by atoms with Crippen LogP contribution in [0.15, 0.2) is 60.7 Å². The van der Waals surface area contributed by atoms with Crippen LogP contribution in [-0.4, -0.2) is 77.7 Å². The van der Waals surface area contributed by atoms with Crippen molar-refractivity contribution in [2.45, 2.75) is 32.7 Å². The van der Waals surface area contributed by atoms with Crippen LogP contribution >= 0.6 is 0 Å². The van der Waals surface area contributed by atoms with Gasteiger partial charge in [0.25, 0.3) is 5.91 Å². The maximum atomic E-state index is 13.7. The van der Waals surface area contributed by atoms with E-state index < -0.39 is 5.82 Å². The fourth-order valence-electron chi connectivity index (χ4n) is 4.51. The number of hydrogen-bond acceptors (Lipinski definition) is 6. The Kier molecular flexibility index (Phi) is 8.89. The van der Waals surface area contributed by atoms with Crippen molar-refractivity contribution in [1.29, 1.82) is 0 Å². The smallest absolute Gasteiger partial charge is 0.254 e. The standard InChI is InChI=1S/C29H34FN5O3/c1-4-21(2)35(29(37)23-9-5-10-24(30)18-23)20-28(36)34-15-7-14-33(16-17-34)27-13-12-26(31-32-27)22-8-6-11-25(19-22)38-3/h5-6,8-13,18-19,21H,4,7,14-17,20H2,1-3H3. The van der Waals surface area contributed by atoms with Gasteiger partial charge < -0.3 is 19.4 Å². The number of anilines is 1. The van der Waals surface area contributed by atoms with Crippen LogP contribution in [0, 0.1) is 5.82 Å². The number of methoxy groups -OCH3 is 1. The van der Waals surface area contributed by atoms with Gasteiger partial charge in [0.05, 0.1) is 12.8 Å². The average molecular weight is 520 g/mol. The zero-order chi connectivity index (χ0) is 27.1. The van der Waals surface area contributed by atoms with Gasteiger partial charge in [-0.2, -0.15) is 0 Å². The van der Waals surface area contributed by atoms with Gasteiger partial charge in [-0.3, -0.25) is 9.59 Å². The highest BCUT2D eigenvalue weighted by atomic mass is 19.1. The van der Waals surface area contributed by atoms with E-state index >= 15 is 0 Å². The van der Waals surface area contributed by atoms with Crippen LogP contribution in [0.1, 0.15) is 37.0 Å². The molecule has 0 spiro atoms. The largest absolute Gasteiger partial charge is 0.497 e. The second kappa shape index (κ2) is 12.5. The third-order valence-corrected chi connectivity index (χ3v) is 6.95. The number of carbonyl (C=O) groups is 2. The summed E-state index contributed by atoms with van der Waals surface area (Å²) >= 11 is 0. The summed E-state index contributed by atoms with van der Waals surface area (Å²) in [7, 11) is 1.63. The van der Waals surface area contributed by atoms with E-state index in [0.717, 1.165) is 35.8 Å². The summed E-state index contributed by atoms with van der Waals surface area (Å²) in [4.78, 5) is 31.9. The molecule has 1 saturated heterocycles. The Labute approximate surface area is 223 Å². The van der Waals surface area contributed by atoms with Gasteiger partial charge in [-0.25, -0.2) is 4.39 Å². The minimum absolute atomic E-state index is 0.0423. The first-order chi connectivity index (χ1) is 18.4. The molecule has 1 atom stereocenters. The summed E-state index contributed by atoms with van der Waals surface area (Å²) in [6.07, 6.45) is 1.46. The average Bonchev–Trinajstić information content (AvgIpc) is 3.22. The zero-order valence-corrected chi connectivity index (χ0v) is 22.1. The van der Waals surface area contributed by atoms with Crippen molar-refractivity contribution >= 4 is 17.6 Å². The molecule has 1 aliphatic heterocycles. The first kappa shape index (κ1) is 27.0. The van der Waals surface area contributed by atoms with Gasteiger partial charge in [0, 0.05) is 43.3 Å². The number of aromatic nitrogens is 2. The van der Waals surface area contributed by atoms with Crippen molar-refractivity contribution in [1.82, 2.24) is 20.0 Å². The van der Waals surface area contributed by atoms with Crippen LogP contribution in [0.3, 0.4) is 0 Å². The minimum atomic E-state index is -0.474. The third kappa shape index (κ3) is 6.45. The van der Waals surface area contributed by atoms with Crippen LogP contribution in [0.25, 0.3) is 11.3 Å². The Balaban J connectivity index is 1.40. The molecule has 3 aromatic rings. The predicted octanol–water partition coefficient (Wildman–Crippen LogP) is 4.27. The van der Waals surface area contributed by atoms with Crippen molar-refractivity contribution in [3.05, 3.63) is 72.0 Å². The maximum absolute atomic E-state index is 13.7. The molecule has 2 heterocycles. The second-order valence-corrected chi connectivity index (χ2v) is 9.43. The molecule has 0 bridgehead atoms. The first-order valence-corrected chi connectivity index (χ1v) is 13.0. The number of benzene rings is 2. The quantitative estimate of drug-likeness (QED) is 0.442. The Morgan fingerprint density at radius 1 is 1.03 bits per heavy atom. The summed E-state index contributed by atoms with van der Waals surface area (Å²) in [5, 5.41) is 8.85. The van der Waals surface area contributed by atoms with Gasteiger partial charge in [0.15, 0.2) is 5.82 Å². The van der Waals surface area contributed by atoms with Gasteiger partial charge in [0.2, 0.25) is 5.91 Å². The van der Waals surface area contributed by atoms with E-state index in [9.17, 15) is 14.0 Å². The minimum Gasteiger partial charge on any atom is -0.497 e. The lowest BCUT2D eigenvalue weighted by atomic mass is 10.1. The van der Waals surface area contributed by atoms with E-state index in [1.54, 1.807) is 23.0 Å². The Morgan fingerprint density at radius 2 is 1.84 bits per heavy atom. The number of rotatable bonds is 8. The lowest BCUT2D eigenvalue weighted by Gasteiger charge is -2.31. The molecular formula is C29H34FN5O3. The van der Waals surface area contributed by atoms with Crippen LogP contribution in [0.4, 0.5) is 10.2 Å². The van der Waals surface area contributed by atoms with E-state index in [2.05, 4.69) is 15.1 Å². The molecule has 38 heavy (non-hydrogen) atoms. The fourth-order valence-corrected chi connectivity index (χ4v) is 4.51. The summed E-state index contributed by atoms with van der Waals surface area (Å²) in [5.41, 5.74) is 1.93. The second-order valence-electron chi connectivity index (χ2n) is 9.43. The van der Waals surface area contributed by atoms with Gasteiger partial charge in [-0.1, -0.05) is 25.1 Å². The van der Waals surface area contributed by atoms with Gasteiger partial charge in [-0.05, 0) is 62.2 Å². The lowest BCUT2D eigenvalue weighted by molar-refractivity contribution is -0.132. The number of halogens is 1. The van der Waals surface area contributed by atoms with Crippen LogP contribution in [0.2, 0.25) is 0 Å². The van der Waals surface area contributed by atoms with E-state index in [-0.39, 0.29) is 30.0 Å². The number of carbonyl (C=O) groups excluding carboxylic acids is 2. The lowest BCUT2D eigenvalue weighted by Crippen LogP contribution is -2.47. The van der Waals surface area contributed by atoms with E-state index in [4.69, 9.17) is 4.74 Å². The molecule has 1 fully saturated rings. The Morgan fingerprint density at radius 3 is 2.55 bits per heavy atom. The molecule has 0 N–H and O–H groups in total. The number of hydrogen-bond donors (Lipinski definition) is 0. The molecule has 0 radical (unpaired) electrons. The van der Waals surface area contributed by atoms with E-state index in [1.165, 1.54) is 18.2 Å². The molecule has 9 heteroatoms. The highest BCUT2D eigenvalue weighted by Crippen LogP contribution is 2.23. The molecule has 0 aliphatic carbocycles. The predicted molar refractivity (Wildman–Crippen MR) is 145 cm³/mol. The summed E-state index contributed by atoms with van der Waals surface area (Å²) in [5.74, 6) is 0.591. The topological polar surface area (TPSA) is 78.9 Å². The van der Waals surface area contributed by atoms with Gasteiger partial charge in [-0.15, -0.1) is 10.2 Å². The molecule has 2 amide bonds. The SMILES string of the molecule is CCC(C)N(CC(=O)N1CCCN(c2ccc(-c3cccc(OC)c3)nn2)CC1)C(=O)c1cccc(F)c1. The van der Waals surface area contributed by atoms with Crippen molar-refractivity contribution in [2.24, 2.45) is 0 Å². The maximum Gasteiger partial charge on any atom is 0.254 e. The van der Waals surface area contributed by atoms with Crippen molar-refractivity contribution in [2.75, 3.05) is 44.7 Å². The normalized spacial score (nSPS) is 14.5. The highest BCUT2D eigenvalue weighted by Gasteiger charge is 2.27. The fraction of sp³-hybridized carbons (Fsp3) is 0.379. The molecule has 200 valence electrons. The molecule has 4 rings (SSSR count). The van der Waals surface area contributed by atoms with Crippen LogP contribution in [-0.2, 0) is 4.79 Å². The summed E-state index contributed by atoms with van der Waals surface area (Å²) < 4.78 is 19.0. The molecule has 0 saturated carbocycles. The van der Waals surface area contributed by atoms with Gasteiger partial charge in [0.1, 0.15) is 18.1 Å². The van der Waals surface area contributed by atoms with Crippen LogP contribution in [0.5, 0.6) is 5.75 Å². The summed E-state index contributed by atoms with van der Waals surface area (Å²) in [6.45, 7) is 6.29. The molecule has 1 unspecified atom stereocenters. The monoisotopic (exact) mass is 519 g/mol. The first-order valence-electron chi connectivity index (χ1n) is 13.0. The zero-order valence-electron chi connectivity index (χ0n) is 22.1. The number of amides is 2.